The Hall–Kier alpha value is -0.950. The Bertz CT molecular complexity index is 494. The third-order valence-electron chi connectivity index (χ3n) is 2.55. The molecular weight excluding hydrogens is 244 g/mol. The lowest BCUT2D eigenvalue weighted by molar-refractivity contribution is -0.113. The molecule has 16 heavy (non-hydrogen) atoms. The van der Waals surface area contributed by atoms with Gasteiger partial charge in [-0.1, -0.05) is 11.8 Å². The van der Waals surface area contributed by atoms with E-state index in [0.29, 0.717) is 18.2 Å². The number of nitrogens with zero attached hydrogens (tertiary/aromatic N) is 3. The van der Waals surface area contributed by atoms with Gasteiger partial charge in [-0.15, -0.1) is 16.9 Å². The highest BCUT2D eigenvalue weighted by Gasteiger charge is 2.27. The monoisotopic (exact) mass is 254 g/mol. The highest BCUT2D eigenvalue weighted by Crippen LogP contribution is 2.28. The van der Waals surface area contributed by atoms with E-state index in [1.165, 1.54) is 11.8 Å². The number of rotatable bonds is 1. The Morgan fingerprint density at radius 2 is 2.38 bits per heavy atom. The van der Waals surface area contributed by atoms with E-state index in [-0.39, 0.29) is 5.78 Å². The molecule has 2 aliphatic heterocycles. The average Bonchev–Trinajstić information content (AvgIpc) is 2.69. The standard InChI is InChI=1S/C9H10N4OS2/c1-15-9-11-8-10-7-5(2-13(8)12-9)3-16-4-6(7)14/h2-4H2,1H3,(H,10,11,12). The summed E-state index contributed by atoms with van der Waals surface area (Å²) >= 11 is 3.17. The van der Waals surface area contributed by atoms with Gasteiger partial charge in [-0.25, -0.2) is 4.68 Å². The van der Waals surface area contributed by atoms with Gasteiger partial charge in [0.25, 0.3) is 0 Å². The van der Waals surface area contributed by atoms with Gasteiger partial charge in [0.2, 0.25) is 11.1 Å². The molecule has 3 rings (SSSR count). The van der Waals surface area contributed by atoms with Crippen LogP contribution in [0, 0.1) is 0 Å². The van der Waals surface area contributed by atoms with Crippen molar-refractivity contribution in [2.24, 2.45) is 0 Å². The van der Waals surface area contributed by atoms with Crippen LogP contribution >= 0.6 is 23.5 Å². The van der Waals surface area contributed by atoms with Gasteiger partial charge in [0.15, 0.2) is 5.78 Å². The predicted octanol–water partition coefficient (Wildman–Crippen LogP) is 0.995. The van der Waals surface area contributed by atoms with Crippen LogP contribution in [0.1, 0.15) is 0 Å². The second-order valence-electron chi connectivity index (χ2n) is 3.60. The van der Waals surface area contributed by atoms with Gasteiger partial charge >= 0.3 is 0 Å². The third kappa shape index (κ3) is 1.54. The Morgan fingerprint density at radius 1 is 1.50 bits per heavy atom. The minimum absolute atomic E-state index is 0.172. The maximum Gasteiger partial charge on any atom is 0.227 e. The molecule has 5 nitrogen and oxygen atoms in total. The first-order valence-corrected chi connectivity index (χ1v) is 7.24. The molecule has 0 bridgehead atoms. The highest BCUT2D eigenvalue weighted by molar-refractivity contribution is 8.00. The van der Waals surface area contributed by atoms with Gasteiger partial charge in [0, 0.05) is 5.75 Å². The van der Waals surface area contributed by atoms with Crippen molar-refractivity contribution in [1.82, 2.24) is 14.8 Å². The first-order chi connectivity index (χ1) is 7.78. The lowest BCUT2D eigenvalue weighted by atomic mass is 10.1. The quantitative estimate of drug-likeness (QED) is 0.754. The molecule has 0 aromatic carbocycles. The number of allylic oxidation sites excluding steroid dienone is 1. The molecule has 84 valence electrons. The summed E-state index contributed by atoms with van der Waals surface area (Å²) in [6.07, 6.45) is 1.94. The van der Waals surface area contributed by atoms with Gasteiger partial charge in [-0.3, -0.25) is 4.79 Å². The Balaban J connectivity index is 1.98. The van der Waals surface area contributed by atoms with E-state index in [1.807, 2.05) is 10.9 Å². The average molecular weight is 254 g/mol. The lowest BCUT2D eigenvalue weighted by Crippen LogP contribution is -2.29. The zero-order valence-electron chi connectivity index (χ0n) is 8.69. The topological polar surface area (TPSA) is 59.8 Å². The molecule has 0 saturated carbocycles. The van der Waals surface area contributed by atoms with Crippen LogP contribution < -0.4 is 5.32 Å². The maximum atomic E-state index is 11.7. The second-order valence-corrected chi connectivity index (χ2v) is 5.36. The molecular formula is C9H10N4OS2. The van der Waals surface area contributed by atoms with E-state index < -0.39 is 0 Å². The zero-order valence-corrected chi connectivity index (χ0v) is 10.3. The second kappa shape index (κ2) is 3.81. The van der Waals surface area contributed by atoms with E-state index in [9.17, 15) is 4.79 Å². The van der Waals surface area contributed by atoms with Crippen molar-refractivity contribution < 1.29 is 4.79 Å². The number of hydrogen-bond acceptors (Lipinski definition) is 6. The molecule has 2 aliphatic rings. The minimum Gasteiger partial charge on any atom is -0.321 e. The molecule has 0 radical (unpaired) electrons. The molecule has 0 saturated heterocycles. The lowest BCUT2D eigenvalue weighted by Gasteiger charge is -2.24. The van der Waals surface area contributed by atoms with Crippen molar-refractivity contribution in [3.8, 4) is 0 Å². The zero-order chi connectivity index (χ0) is 11.1. The van der Waals surface area contributed by atoms with Crippen molar-refractivity contribution in [2.75, 3.05) is 23.1 Å². The van der Waals surface area contributed by atoms with E-state index in [4.69, 9.17) is 0 Å². The Morgan fingerprint density at radius 3 is 3.19 bits per heavy atom. The van der Waals surface area contributed by atoms with Crippen molar-refractivity contribution in [3.05, 3.63) is 11.3 Å². The third-order valence-corrected chi connectivity index (χ3v) is 4.11. The number of Topliss-reactive ketones (excluding diaryl/α,β-unsaturated/α-hetero) is 1. The minimum atomic E-state index is 0.172. The van der Waals surface area contributed by atoms with Crippen LogP contribution in [0.4, 0.5) is 5.95 Å². The summed E-state index contributed by atoms with van der Waals surface area (Å²) in [4.78, 5) is 16.0. The normalized spacial score (nSPS) is 19.2. The smallest absolute Gasteiger partial charge is 0.227 e. The van der Waals surface area contributed by atoms with E-state index >= 15 is 0 Å². The summed E-state index contributed by atoms with van der Waals surface area (Å²) in [6.45, 7) is 0.684. The number of ketones is 1. The molecule has 1 aromatic rings. The SMILES string of the molecule is CSc1nc2n(n1)CC1=C(N2)C(=O)CSC1. The number of nitrogens with one attached hydrogen (secondary N) is 1. The number of aromatic nitrogens is 3. The van der Waals surface area contributed by atoms with Gasteiger partial charge in [-0.05, 0) is 11.8 Å². The summed E-state index contributed by atoms with van der Waals surface area (Å²) in [6, 6.07) is 0. The van der Waals surface area contributed by atoms with Crippen molar-refractivity contribution in [1.29, 1.82) is 0 Å². The van der Waals surface area contributed by atoms with Crippen LogP contribution in [0.2, 0.25) is 0 Å². The van der Waals surface area contributed by atoms with E-state index in [0.717, 1.165) is 22.2 Å². The summed E-state index contributed by atoms with van der Waals surface area (Å²) < 4.78 is 1.82. The maximum absolute atomic E-state index is 11.7. The number of fused-ring (bicyclic) bond motifs is 1. The van der Waals surface area contributed by atoms with Crippen LogP contribution in [0.15, 0.2) is 16.4 Å². The van der Waals surface area contributed by atoms with Crippen molar-refractivity contribution >= 4 is 35.3 Å². The number of hydrogen-bond donors (Lipinski definition) is 1. The first kappa shape index (κ1) is 10.2. The summed E-state index contributed by atoms with van der Waals surface area (Å²) in [5.41, 5.74) is 1.87. The van der Waals surface area contributed by atoms with E-state index in [2.05, 4.69) is 15.4 Å². The molecule has 7 heteroatoms. The molecule has 1 N–H and O–H groups in total. The van der Waals surface area contributed by atoms with Gasteiger partial charge in [-0.2, -0.15) is 4.98 Å². The number of carbonyl (C=O) groups is 1. The molecule has 0 amide bonds. The first-order valence-electron chi connectivity index (χ1n) is 4.87. The largest absolute Gasteiger partial charge is 0.321 e. The fourth-order valence-corrected chi connectivity index (χ4v) is 3.07. The summed E-state index contributed by atoms with van der Waals surface area (Å²) in [7, 11) is 0. The van der Waals surface area contributed by atoms with Crippen LogP contribution in [-0.4, -0.2) is 38.3 Å². The molecule has 3 heterocycles. The molecule has 0 aliphatic carbocycles. The van der Waals surface area contributed by atoms with Gasteiger partial charge in [0.1, 0.15) is 0 Å². The predicted molar refractivity (Wildman–Crippen MR) is 64.8 cm³/mol. The molecule has 0 spiro atoms. The van der Waals surface area contributed by atoms with Crippen molar-refractivity contribution in [2.45, 2.75) is 11.7 Å². The Labute approximate surface area is 101 Å². The van der Waals surface area contributed by atoms with Gasteiger partial charge in [0.05, 0.1) is 18.0 Å². The van der Waals surface area contributed by atoms with Crippen molar-refractivity contribution in [3.63, 3.8) is 0 Å². The molecule has 0 atom stereocenters. The van der Waals surface area contributed by atoms with Crippen LogP contribution in [0.5, 0.6) is 0 Å². The van der Waals surface area contributed by atoms with Crippen LogP contribution in [0.25, 0.3) is 0 Å². The van der Waals surface area contributed by atoms with Crippen LogP contribution in [-0.2, 0) is 11.3 Å². The Kier molecular flexibility index (Phi) is 2.44. The fraction of sp³-hybridized carbons (Fsp3) is 0.444. The summed E-state index contributed by atoms with van der Waals surface area (Å²) in [5.74, 6) is 2.33. The molecule has 0 unspecified atom stereocenters. The number of anilines is 1. The van der Waals surface area contributed by atoms with Crippen LogP contribution in [0.3, 0.4) is 0 Å². The molecule has 1 aromatic heterocycles. The number of carbonyl (C=O) groups excluding carboxylic acids is 1. The molecule has 0 fully saturated rings. The highest BCUT2D eigenvalue weighted by atomic mass is 32.2. The number of thioether (sulfide) groups is 2. The summed E-state index contributed by atoms with van der Waals surface area (Å²) in [5, 5.41) is 8.17. The van der Waals surface area contributed by atoms with E-state index in [1.54, 1.807) is 11.8 Å². The van der Waals surface area contributed by atoms with Gasteiger partial charge < -0.3 is 5.32 Å². The fourth-order valence-electron chi connectivity index (χ4n) is 1.79.